The molecule has 6 heteroatoms. The molecule has 3 aromatic rings. The summed E-state index contributed by atoms with van der Waals surface area (Å²) in [7, 11) is 0. The van der Waals surface area contributed by atoms with Crippen LogP contribution in [0.1, 0.15) is 58.4 Å². The average Bonchev–Trinajstić information content (AvgIpc) is 3.18. The van der Waals surface area contributed by atoms with Gasteiger partial charge in [0.05, 0.1) is 23.1 Å². The van der Waals surface area contributed by atoms with E-state index in [-0.39, 0.29) is 40.9 Å². The number of fused-ring (bicyclic) bond motifs is 1. The second kappa shape index (κ2) is 9.90. The van der Waals surface area contributed by atoms with Crippen molar-refractivity contribution >= 4 is 29.3 Å². The molecule has 1 aliphatic carbocycles. The lowest BCUT2D eigenvalue weighted by atomic mass is 9.73. The van der Waals surface area contributed by atoms with E-state index in [0.29, 0.717) is 24.1 Å². The summed E-state index contributed by atoms with van der Waals surface area (Å²) >= 11 is 0. The minimum atomic E-state index is -0.943. The van der Waals surface area contributed by atoms with E-state index in [9.17, 15) is 19.2 Å². The summed E-state index contributed by atoms with van der Waals surface area (Å²) in [6.07, 6.45) is 1.28. The average molecular weight is 482 g/mol. The first-order valence-corrected chi connectivity index (χ1v) is 12.3. The Hall–Kier alpha value is -4.06. The predicted octanol–water partition coefficient (Wildman–Crippen LogP) is 5.19. The van der Waals surface area contributed by atoms with Crippen LogP contribution in [0.4, 0.5) is 5.69 Å². The number of nitrogens with zero attached hydrogens (tertiary/aromatic N) is 1. The van der Waals surface area contributed by atoms with Gasteiger partial charge in [-0.25, -0.2) is 4.79 Å². The topological polar surface area (TPSA) is 80.8 Å². The molecule has 2 fully saturated rings. The van der Waals surface area contributed by atoms with Gasteiger partial charge in [-0.2, -0.15) is 0 Å². The molecule has 0 bridgehead atoms. The van der Waals surface area contributed by atoms with E-state index in [4.69, 9.17) is 4.74 Å². The normalized spacial score (nSPS) is 22.1. The molecule has 4 atom stereocenters. The lowest BCUT2D eigenvalue weighted by molar-refractivity contribution is -0.122. The third-order valence-electron chi connectivity index (χ3n) is 7.27. The van der Waals surface area contributed by atoms with Gasteiger partial charge >= 0.3 is 5.97 Å². The first-order valence-electron chi connectivity index (χ1n) is 12.3. The van der Waals surface area contributed by atoms with E-state index in [1.54, 1.807) is 42.5 Å². The smallest absolute Gasteiger partial charge is 0.338 e. The van der Waals surface area contributed by atoms with Gasteiger partial charge in [-0.05, 0) is 61.9 Å². The highest BCUT2D eigenvalue weighted by Crippen LogP contribution is 2.45. The summed E-state index contributed by atoms with van der Waals surface area (Å²) in [4.78, 5) is 52.8. The molecule has 2 amide bonds. The SMILES string of the molecule is C[C@H](OC(=O)c1ccc(N2C(=O)[C@@H]3CC[C@@H](c4ccccc4)C[C@H]3C2=O)cc1)C(=O)c1ccccc1. The van der Waals surface area contributed by atoms with Crippen molar-refractivity contribution in [3.63, 3.8) is 0 Å². The van der Waals surface area contributed by atoms with Gasteiger partial charge in [-0.1, -0.05) is 60.7 Å². The van der Waals surface area contributed by atoms with Crippen molar-refractivity contribution < 1.29 is 23.9 Å². The Morgan fingerprint density at radius 1 is 0.778 bits per heavy atom. The number of ketones is 1. The number of amides is 2. The van der Waals surface area contributed by atoms with E-state index in [0.717, 1.165) is 6.42 Å². The maximum absolute atomic E-state index is 13.3. The van der Waals surface area contributed by atoms with E-state index in [2.05, 4.69) is 12.1 Å². The molecular weight excluding hydrogens is 454 g/mol. The first kappa shape index (κ1) is 23.7. The number of anilines is 1. The molecule has 2 aliphatic rings. The van der Waals surface area contributed by atoms with Gasteiger partial charge in [-0.15, -0.1) is 0 Å². The molecule has 182 valence electrons. The number of benzene rings is 3. The zero-order valence-corrected chi connectivity index (χ0v) is 20.0. The summed E-state index contributed by atoms with van der Waals surface area (Å²) in [5.41, 5.74) is 2.36. The van der Waals surface area contributed by atoms with Crippen molar-refractivity contribution in [2.24, 2.45) is 11.8 Å². The number of carbonyl (C=O) groups is 4. The second-order valence-electron chi connectivity index (χ2n) is 9.47. The largest absolute Gasteiger partial charge is 0.451 e. The molecule has 0 radical (unpaired) electrons. The number of ether oxygens (including phenoxy) is 1. The molecule has 0 aromatic heterocycles. The molecular formula is C30H27NO5. The van der Waals surface area contributed by atoms with Crippen LogP contribution in [-0.2, 0) is 14.3 Å². The highest BCUT2D eigenvalue weighted by Gasteiger charge is 2.50. The third-order valence-corrected chi connectivity index (χ3v) is 7.27. The number of hydrogen-bond acceptors (Lipinski definition) is 5. The molecule has 0 N–H and O–H groups in total. The minimum Gasteiger partial charge on any atom is -0.451 e. The van der Waals surface area contributed by atoms with Crippen LogP contribution in [0.25, 0.3) is 0 Å². The Balaban J connectivity index is 1.26. The van der Waals surface area contributed by atoms with Crippen molar-refractivity contribution in [2.45, 2.75) is 38.2 Å². The summed E-state index contributed by atoms with van der Waals surface area (Å²) in [5.74, 6) is -1.64. The van der Waals surface area contributed by atoms with Crippen LogP contribution in [0, 0.1) is 11.8 Å². The fourth-order valence-electron chi connectivity index (χ4n) is 5.33. The van der Waals surface area contributed by atoms with Gasteiger partial charge in [0.25, 0.3) is 0 Å². The highest BCUT2D eigenvalue weighted by molar-refractivity contribution is 6.22. The van der Waals surface area contributed by atoms with Crippen LogP contribution >= 0.6 is 0 Å². The van der Waals surface area contributed by atoms with Gasteiger partial charge in [0.1, 0.15) is 0 Å². The molecule has 36 heavy (non-hydrogen) atoms. The summed E-state index contributed by atoms with van der Waals surface area (Å²) in [5, 5.41) is 0. The van der Waals surface area contributed by atoms with Gasteiger partial charge in [0.2, 0.25) is 17.6 Å². The van der Waals surface area contributed by atoms with Crippen molar-refractivity contribution in [1.82, 2.24) is 0 Å². The number of esters is 1. The molecule has 5 rings (SSSR count). The quantitative estimate of drug-likeness (QED) is 0.275. The zero-order valence-electron chi connectivity index (χ0n) is 20.0. The van der Waals surface area contributed by atoms with Crippen molar-refractivity contribution in [3.8, 4) is 0 Å². The van der Waals surface area contributed by atoms with E-state index < -0.39 is 12.1 Å². The van der Waals surface area contributed by atoms with Gasteiger partial charge in [0.15, 0.2) is 6.10 Å². The maximum Gasteiger partial charge on any atom is 0.338 e. The maximum atomic E-state index is 13.3. The monoisotopic (exact) mass is 481 g/mol. The van der Waals surface area contributed by atoms with Crippen molar-refractivity contribution in [3.05, 3.63) is 102 Å². The molecule has 6 nitrogen and oxygen atoms in total. The fourth-order valence-corrected chi connectivity index (χ4v) is 5.33. The van der Waals surface area contributed by atoms with Crippen LogP contribution in [-0.4, -0.2) is 29.7 Å². The lowest BCUT2D eigenvalue weighted by Crippen LogP contribution is -2.31. The number of hydrogen-bond donors (Lipinski definition) is 0. The highest BCUT2D eigenvalue weighted by atomic mass is 16.5. The van der Waals surface area contributed by atoms with E-state index in [1.807, 2.05) is 18.2 Å². The van der Waals surface area contributed by atoms with Crippen LogP contribution < -0.4 is 4.90 Å². The van der Waals surface area contributed by atoms with Crippen LogP contribution in [0.2, 0.25) is 0 Å². The van der Waals surface area contributed by atoms with E-state index in [1.165, 1.54) is 29.5 Å². The second-order valence-corrected chi connectivity index (χ2v) is 9.47. The Bertz CT molecular complexity index is 1290. The summed E-state index contributed by atoms with van der Waals surface area (Å²) in [6.45, 7) is 1.54. The zero-order chi connectivity index (χ0) is 25.2. The van der Waals surface area contributed by atoms with Crippen LogP contribution in [0.3, 0.4) is 0 Å². The van der Waals surface area contributed by atoms with Crippen LogP contribution in [0.5, 0.6) is 0 Å². The summed E-state index contributed by atoms with van der Waals surface area (Å²) in [6, 6.07) is 25.0. The standard InChI is InChI=1S/C30H27NO5/c1-19(27(32)21-10-6-3-7-11-21)36-30(35)22-12-15-24(16-13-22)31-28(33)25-17-14-23(18-26(25)29(31)34)20-8-4-2-5-9-20/h2-13,15-16,19,23,25-26H,14,17-18H2,1H3/t19-,23+,25+,26+/m0/s1. The van der Waals surface area contributed by atoms with Gasteiger partial charge in [0, 0.05) is 5.56 Å². The fraction of sp³-hybridized carbons (Fsp3) is 0.267. The Labute approximate surface area is 209 Å². The minimum absolute atomic E-state index is 0.172. The molecule has 3 aromatic carbocycles. The Morgan fingerprint density at radius 2 is 1.39 bits per heavy atom. The molecule has 1 aliphatic heterocycles. The van der Waals surface area contributed by atoms with Crippen LogP contribution in [0.15, 0.2) is 84.9 Å². The summed E-state index contributed by atoms with van der Waals surface area (Å²) < 4.78 is 5.36. The van der Waals surface area contributed by atoms with Crippen molar-refractivity contribution in [2.75, 3.05) is 4.90 Å². The molecule has 0 unspecified atom stereocenters. The number of rotatable bonds is 6. The van der Waals surface area contributed by atoms with Gasteiger partial charge < -0.3 is 4.74 Å². The lowest BCUT2D eigenvalue weighted by Gasteiger charge is -2.28. The Kier molecular flexibility index (Phi) is 6.51. The number of imide groups is 1. The molecule has 0 spiro atoms. The molecule has 1 saturated heterocycles. The molecule has 1 saturated carbocycles. The molecule has 1 heterocycles. The van der Waals surface area contributed by atoms with E-state index >= 15 is 0 Å². The predicted molar refractivity (Wildman–Crippen MR) is 135 cm³/mol. The van der Waals surface area contributed by atoms with Gasteiger partial charge in [-0.3, -0.25) is 19.3 Å². The third kappa shape index (κ3) is 4.47. The first-order chi connectivity index (χ1) is 17.4. The Morgan fingerprint density at radius 3 is 2.06 bits per heavy atom. The number of carbonyl (C=O) groups excluding carboxylic acids is 4. The van der Waals surface area contributed by atoms with Crippen molar-refractivity contribution in [1.29, 1.82) is 0 Å². The number of Topliss-reactive ketones (excluding diaryl/α,β-unsaturated/α-hetero) is 1.